The maximum absolute atomic E-state index is 12.2. The lowest BCUT2D eigenvalue weighted by Gasteiger charge is -2.34. The van der Waals surface area contributed by atoms with Crippen LogP contribution in [-0.2, 0) is 9.53 Å². The highest BCUT2D eigenvalue weighted by atomic mass is 79.9. The smallest absolute Gasteiger partial charge is 0.409 e. The standard InChI is InChI=1S/C16H21BrN2O4/c1-3-22-16(21)19-8-6-18(7-9-19)15(20)11-23-14-5-4-13(17)10-12(14)2/h4-5,10H,3,6-9,11H2,1-2H3. The molecule has 6 nitrogen and oxygen atoms in total. The lowest BCUT2D eigenvalue weighted by atomic mass is 10.2. The predicted octanol–water partition coefficient (Wildman–Crippen LogP) is 2.44. The normalized spacial score (nSPS) is 14.6. The summed E-state index contributed by atoms with van der Waals surface area (Å²) in [6.07, 6.45) is -0.318. The molecule has 0 unspecified atom stereocenters. The maximum atomic E-state index is 12.2. The summed E-state index contributed by atoms with van der Waals surface area (Å²) in [5.74, 6) is 0.627. The van der Waals surface area contributed by atoms with Gasteiger partial charge in [-0.15, -0.1) is 0 Å². The van der Waals surface area contributed by atoms with Gasteiger partial charge in [0.1, 0.15) is 5.75 Å². The van der Waals surface area contributed by atoms with Gasteiger partial charge in [0.05, 0.1) is 6.61 Å². The monoisotopic (exact) mass is 384 g/mol. The van der Waals surface area contributed by atoms with Crippen LogP contribution in [0.15, 0.2) is 22.7 Å². The van der Waals surface area contributed by atoms with Gasteiger partial charge in [0, 0.05) is 30.7 Å². The Bertz CT molecular complexity index is 571. The van der Waals surface area contributed by atoms with Crippen LogP contribution in [0, 0.1) is 6.92 Å². The van der Waals surface area contributed by atoms with E-state index in [4.69, 9.17) is 9.47 Å². The molecule has 0 aromatic heterocycles. The number of aryl methyl sites for hydroxylation is 1. The molecule has 1 saturated heterocycles. The number of amides is 2. The molecule has 0 bridgehead atoms. The van der Waals surface area contributed by atoms with Gasteiger partial charge in [0.2, 0.25) is 0 Å². The van der Waals surface area contributed by atoms with Crippen molar-refractivity contribution in [2.45, 2.75) is 13.8 Å². The number of piperazine rings is 1. The number of halogens is 1. The first-order chi connectivity index (χ1) is 11.0. The Balaban J connectivity index is 1.80. The van der Waals surface area contributed by atoms with Gasteiger partial charge in [-0.25, -0.2) is 4.79 Å². The molecule has 0 N–H and O–H groups in total. The first kappa shape index (κ1) is 17.6. The predicted molar refractivity (Wildman–Crippen MR) is 89.5 cm³/mol. The van der Waals surface area contributed by atoms with Gasteiger partial charge in [-0.1, -0.05) is 15.9 Å². The highest BCUT2D eigenvalue weighted by Crippen LogP contribution is 2.22. The van der Waals surface area contributed by atoms with E-state index in [-0.39, 0.29) is 18.6 Å². The van der Waals surface area contributed by atoms with Gasteiger partial charge in [0.15, 0.2) is 6.61 Å². The molecule has 0 radical (unpaired) electrons. The lowest BCUT2D eigenvalue weighted by molar-refractivity contribution is -0.134. The summed E-state index contributed by atoms with van der Waals surface area (Å²) in [5, 5.41) is 0. The van der Waals surface area contributed by atoms with Gasteiger partial charge >= 0.3 is 6.09 Å². The average Bonchev–Trinajstić information content (AvgIpc) is 2.54. The molecule has 1 fully saturated rings. The average molecular weight is 385 g/mol. The molecule has 2 rings (SSSR count). The van der Waals surface area contributed by atoms with E-state index in [2.05, 4.69) is 15.9 Å². The van der Waals surface area contributed by atoms with E-state index >= 15 is 0 Å². The van der Waals surface area contributed by atoms with Crippen molar-refractivity contribution in [1.29, 1.82) is 0 Å². The van der Waals surface area contributed by atoms with Crippen LogP contribution in [0.5, 0.6) is 5.75 Å². The molecule has 0 aliphatic carbocycles. The van der Waals surface area contributed by atoms with Gasteiger partial charge in [-0.3, -0.25) is 4.79 Å². The largest absolute Gasteiger partial charge is 0.483 e. The van der Waals surface area contributed by atoms with Gasteiger partial charge in [-0.2, -0.15) is 0 Å². The summed E-state index contributed by atoms with van der Waals surface area (Å²) in [6.45, 7) is 6.05. The second kappa shape index (κ2) is 8.19. The Hall–Kier alpha value is -1.76. The summed E-state index contributed by atoms with van der Waals surface area (Å²) < 4.78 is 11.5. The number of nitrogens with zero attached hydrogens (tertiary/aromatic N) is 2. The molecule has 0 saturated carbocycles. The van der Waals surface area contributed by atoms with E-state index in [1.807, 2.05) is 25.1 Å². The number of benzene rings is 1. The quantitative estimate of drug-likeness (QED) is 0.799. The third-order valence-corrected chi connectivity index (χ3v) is 4.14. The summed E-state index contributed by atoms with van der Waals surface area (Å²) in [4.78, 5) is 27.2. The van der Waals surface area contributed by atoms with Crippen molar-refractivity contribution in [3.05, 3.63) is 28.2 Å². The van der Waals surface area contributed by atoms with E-state index in [0.717, 1.165) is 10.0 Å². The first-order valence-corrected chi connectivity index (χ1v) is 8.39. The second-order valence-corrected chi connectivity index (χ2v) is 6.18. The maximum Gasteiger partial charge on any atom is 0.409 e. The Morgan fingerprint density at radius 3 is 2.43 bits per heavy atom. The van der Waals surface area contributed by atoms with Crippen LogP contribution < -0.4 is 4.74 Å². The fourth-order valence-electron chi connectivity index (χ4n) is 2.36. The lowest BCUT2D eigenvalue weighted by Crippen LogP contribution is -2.51. The molecular weight excluding hydrogens is 364 g/mol. The van der Waals surface area contributed by atoms with Crippen LogP contribution >= 0.6 is 15.9 Å². The topological polar surface area (TPSA) is 59.1 Å². The third-order valence-electron chi connectivity index (χ3n) is 3.65. The van der Waals surface area contributed by atoms with E-state index in [0.29, 0.717) is 38.5 Å². The Kier molecular flexibility index (Phi) is 6.27. The van der Waals surface area contributed by atoms with Crippen molar-refractivity contribution in [1.82, 2.24) is 9.80 Å². The summed E-state index contributed by atoms with van der Waals surface area (Å²) >= 11 is 3.39. The summed E-state index contributed by atoms with van der Waals surface area (Å²) in [5.41, 5.74) is 0.972. The first-order valence-electron chi connectivity index (χ1n) is 7.59. The molecule has 2 amide bonds. The molecule has 0 spiro atoms. The zero-order valence-corrected chi connectivity index (χ0v) is 15.0. The molecule has 1 aliphatic heterocycles. The fourth-order valence-corrected chi connectivity index (χ4v) is 2.83. The molecule has 0 atom stereocenters. The molecule has 23 heavy (non-hydrogen) atoms. The molecule has 1 heterocycles. The fraction of sp³-hybridized carbons (Fsp3) is 0.500. The minimum atomic E-state index is -0.318. The zero-order chi connectivity index (χ0) is 16.8. The van der Waals surface area contributed by atoms with Gasteiger partial charge in [0.25, 0.3) is 5.91 Å². The number of hydrogen-bond acceptors (Lipinski definition) is 4. The van der Waals surface area contributed by atoms with Crippen LogP contribution in [0.1, 0.15) is 12.5 Å². The number of ether oxygens (including phenoxy) is 2. The van der Waals surface area contributed by atoms with Crippen LogP contribution in [0.4, 0.5) is 4.79 Å². The van der Waals surface area contributed by atoms with Gasteiger partial charge in [-0.05, 0) is 37.6 Å². The Morgan fingerprint density at radius 2 is 1.83 bits per heavy atom. The van der Waals surface area contributed by atoms with E-state index in [1.165, 1.54) is 0 Å². The minimum Gasteiger partial charge on any atom is -0.483 e. The van der Waals surface area contributed by atoms with Crippen molar-refractivity contribution in [2.75, 3.05) is 39.4 Å². The Morgan fingerprint density at radius 1 is 1.17 bits per heavy atom. The number of carbonyl (C=O) groups is 2. The van der Waals surface area contributed by atoms with Crippen molar-refractivity contribution < 1.29 is 19.1 Å². The molecule has 126 valence electrons. The second-order valence-electron chi connectivity index (χ2n) is 5.27. The highest BCUT2D eigenvalue weighted by molar-refractivity contribution is 9.10. The summed E-state index contributed by atoms with van der Waals surface area (Å²) in [7, 11) is 0. The molecule has 7 heteroatoms. The SMILES string of the molecule is CCOC(=O)N1CCN(C(=O)COc2ccc(Br)cc2C)CC1. The van der Waals surface area contributed by atoms with Crippen molar-refractivity contribution in [2.24, 2.45) is 0 Å². The highest BCUT2D eigenvalue weighted by Gasteiger charge is 2.25. The van der Waals surface area contributed by atoms with Crippen LogP contribution in [0.2, 0.25) is 0 Å². The Labute approximate surface area is 144 Å². The van der Waals surface area contributed by atoms with Crippen molar-refractivity contribution in [3.63, 3.8) is 0 Å². The number of carbonyl (C=O) groups excluding carboxylic acids is 2. The molecular formula is C16H21BrN2O4. The molecule has 1 aliphatic rings. The zero-order valence-electron chi connectivity index (χ0n) is 13.4. The number of hydrogen-bond donors (Lipinski definition) is 0. The third kappa shape index (κ3) is 4.86. The minimum absolute atomic E-state index is 0.00186. The van der Waals surface area contributed by atoms with Crippen LogP contribution in [0.25, 0.3) is 0 Å². The van der Waals surface area contributed by atoms with E-state index < -0.39 is 0 Å². The van der Waals surface area contributed by atoms with Crippen molar-refractivity contribution >= 4 is 27.9 Å². The van der Waals surface area contributed by atoms with Gasteiger partial charge < -0.3 is 19.3 Å². The molecule has 1 aromatic rings. The van der Waals surface area contributed by atoms with E-state index in [1.54, 1.807) is 16.7 Å². The van der Waals surface area contributed by atoms with E-state index in [9.17, 15) is 9.59 Å². The molecule has 1 aromatic carbocycles. The number of rotatable bonds is 4. The summed E-state index contributed by atoms with van der Waals surface area (Å²) in [6, 6.07) is 5.66. The van der Waals surface area contributed by atoms with Crippen LogP contribution in [-0.4, -0.2) is 61.2 Å². The van der Waals surface area contributed by atoms with Crippen LogP contribution in [0.3, 0.4) is 0 Å². The van der Waals surface area contributed by atoms with Crippen molar-refractivity contribution in [3.8, 4) is 5.75 Å².